The molecule has 0 atom stereocenters. The number of rotatable bonds is 6. The van der Waals surface area contributed by atoms with Gasteiger partial charge in [-0.2, -0.15) is 4.37 Å². The molecule has 0 saturated heterocycles. The van der Waals surface area contributed by atoms with Gasteiger partial charge in [-0.3, -0.25) is 0 Å². The van der Waals surface area contributed by atoms with Gasteiger partial charge >= 0.3 is 0 Å². The molecule has 0 unspecified atom stereocenters. The average Bonchev–Trinajstić information content (AvgIpc) is 2.90. The molecule has 0 aliphatic rings. The number of aryl methyl sites for hydroxylation is 1. The number of ether oxygens (including phenoxy) is 1. The van der Waals surface area contributed by atoms with Crippen LogP contribution in [0.3, 0.4) is 0 Å². The van der Waals surface area contributed by atoms with E-state index < -0.39 is 0 Å². The molecule has 2 aromatic rings. The first kappa shape index (κ1) is 12.4. The number of anilines is 1. The first-order valence-electron chi connectivity index (χ1n) is 5.24. The summed E-state index contributed by atoms with van der Waals surface area (Å²) in [5.74, 6) is 0.820. The number of methoxy groups -OCH3 is 1. The highest BCUT2D eigenvalue weighted by Crippen LogP contribution is 2.15. The van der Waals surface area contributed by atoms with Gasteiger partial charge in [-0.25, -0.2) is 9.97 Å². The van der Waals surface area contributed by atoms with E-state index in [0.29, 0.717) is 13.0 Å². The molecule has 0 saturated carbocycles. The van der Waals surface area contributed by atoms with Crippen LogP contribution in [-0.4, -0.2) is 34.6 Å². The topological polar surface area (TPSA) is 59.9 Å². The van der Waals surface area contributed by atoms with Crippen LogP contribution in [0.5, 0.6) is 0 Å². The third kappa shape index (κ3) is 3.72. The smallest absolute Gasteiger partial charge is 0.202 e. The Bertz CT molecular complexity index is 468. The van der Waals surface area contributed by atoms with E-state index in [9.17, 15) is 0 Å². The van der Waals surface area contributed by atoms with E-state index in [2.05, 4.69) is 19.7 Å². The van der Waals surface area contributed by atoms with Crippen LogP contribution in [0.2, 0.25) is 0 Å². The van der Waals surface area contributed by atoms with E-state index in [-0.39, 0.29) is 0 Å². The first-order chi connectivity index (χ1) is 8.28. The Labute approximate surface area is 108 Å². The van der Waals surface area contributed by atoms with Crippen LogP contribution in [-0.2, 0) is 11.2 Å². The Morgan fingerprint density at radius 1 is 1.41 bits per heavy atom. The van der Waals surface area contributed by atoms with Crippen molar-refractivity contribution < 1.29 is 4.74 Å². The van der Waals surface area contributed by atoms with Crippen LogP contribution < -0.4 is 5.32 Å². The molecule has 0 bridgehead atoms. The third-order valence-corrected chi connectivity index (χ3v) is 3.59. The summed E-state index contributed by atoms with van der Waals surface area (Å²) in [5.41, 5.74) is 1.04. The number of hydrogen-bond donors (Lipinski definition) is 1. The molecule has 0 amide bonds. The minimum absolute atomic E-state index is 0.667. The van der Waals surface area contributed by atoms with Gasteiger partial charge in [0.25, 0.3) is 0 Å². The highest BCUT2D eigenvalue weighted by atomic mass is 32.1. The standard InChI is InChI=1S/C10H14N4OS2/c1-7-12-8(6-16-7)5-9-13-10(17-14-9)11-3-4-15-2/h6H,3-5H2,1-2H3,(H,11,13,14). The van der Waals surface area contributed by atoms with Gasteiger partial charge in [0.15, 0.2) is 5.82 Å². The van der Waals surface area contributed by atoms with Gasteiger partial charge < -0.3 is 10.1 Å². The lowest BCUT2D eigenvalue weighted by molar-refractivity contribution is 0.211. The summed E-state index contributed by atoms with van der Waals surface area (Å²) < 4.78 is 9.25. The molecule has 5 nitrogen and oxygen atoms in total. The van der Waals surface area contributed by atoms with Crippen molar-refractivity contribution in [1.29, 1.82) is 0 Å². The highest BCUT2D eigenvalue weighted by Gasteiger charge is 2.06. The summed E-state index contributed by atoms with van der Waals surface area (Å²) in [6.45, 7) is 3.42. The summed E-state index contributed by atoms with van der Waals surface area (Å²) in [4.78, 5) is 8.79. The minimum Gasteiger partial charge on any atom is -0.383 e. The van der Waals surface area contributed by atoms with Crippen LogP contribution in [0.4, 0.5) is 5.13 Å². The fourth-order valence-corrected chi connectivity index (χ4v) is 2.53. The van der Waals surface area contributed by atoms with Gasteiger partial charge in [0, 0.05) is 30.6 Å². The van der Waals surface area contributed by atoms with Crippen molar-refractivity contribution in [3.8, 4) is 0 Å². The molecule has 2 heterocycles. The molecular weight excluding hydrogens is 256 g/mol. The molecule has 0 aliphatic heterocycles. The van der Waals surface area contributed by atoms with Crippen molar-refractivity contribution in [1.82, 2.24) is 14.3 Å². The van der Waals surface area contributed by atoms with Crippen molar-refractivity contribution in [3.63, 3.8) is 0 Å². The zero-order valence-electron chi connectivity index (χ0n) is 9.77. The van der Waals surface area contributed by atoms with Gasteiger partial charge in [-0.1, -0.05) is 0 Å². The fourth-order valence-electron chi connectivity index (χ4n) is 1.31. The second-order valence-electron chi connectivity index (χ2n) is 3.47. The van der Waals surface area contributed by atoms with Gasteiger partial charge in [-0.05, 0) is 6.92 Å². The average molecular weight is 270 g/mol. The van der Waals surface area contributed by atoms with E-state index >= 15 is 0 Å². The zero-order valence-corrected chi connectivity index (χ0v) is 11.4. The van der Waals surface area contributed by atoms with Crippen LogP contribution in [0.1, 0.15) is 16.5 Å². The second kappa shape index (κ2) is 6.04. The normalized spacial score (nSPS) is 10.7. The molecule has 0 aliphatic carbocycles. The molecule has 1 N–H and O–H groups in total. The molecule has 92 valence electrons. The largest absolute Gasteiger partial charge is 0.383 e. The summed E-state index contributed by atoms with van der Waals surface area (Å²) in [6.07, 6.45) is 0.701. The van der Waals surface area contributed by atoms with Crippen molar-refractivity contribution in [2.24, 2.45) is 0 Å². The molecule has 0 spiro atoms. The molecule has 0 fully saturated rings. The number of nitrogens with one attached hydrogen (secondary N) is 1. The Morgan fingerprint density at radius 3 is 3.00 bits per heavy atom. The second-order valence-corrected chi connectivity index (χ2v) is 5.28. The molecular formula is C10H14N4OS2. The van der Waals surface area contributed by atoms with Crippen molar-refractivity contribution in [3.05, 3.63) is 21.9 Å². The van der Waals surface area contributed by atoms with Gasteiger partial charge in [0.05, 0.1) is 23.7 Å². The maximum absolute atomic E-state index is 4.95. The molecule has 17 heavy (non-hydrogen) atoms. The van der Waals surface area contributed by atoms with E-state index in [4.69, 9.17) is 4.74 Å². The Balaban J connectivity index is 1.89. The predicted octanol–water partition coefficient (Wildman–Crippen LogP) is 1.95. The van der Waals surface area contributed by atoms with E-state index in [1.807, 2.05) is 12.3 Å². The lowest BCUT2D eigenvalue weighted by atomic mass is 10.3. The van der Waals surface area contributed by atoms with Crippen molar-refractivity contribution in [2.45, 2.75) is 13.3 Å². The van der Waals surface area contributed by atoms with E-state index in [0.717, 1.165) is 28.2 Å². The Hall–Kier alpha value is -1.05. The SMILES string of the molecule is COCCNc1nc(Cc2csc(C)n2)ns1. The van der Waals surface area contributed by atoms with Gasteiger partial charge in [0.1, 0.15) is 0 Å². The van der Waals surface area contributed by atoms with Gasteiger partial charge in [-0.15, -0.1) is 11.3 Å². The maximum Gasteiger partial charge on any atom is 0.202 e. The minimum atomic E-state index is 0.667. The monoisotopic (exact) mass is 270 g/mol. The molecule has 7 heteroatoms. The Kier molecular flexibility index (Phi) is 4.41. The first-order valence-corrected chi connectivity index (χ1v) is 6.89. The lowest BCUT2D eigenvalue weighted by Crippen LogP contribution is -2.07. The van der Waals surface area contributed by atoms with E-state index in [1.165, 1.54) is 11.5 Å². The molecule has 2 aromatic heterocycles. The summed E-state index contributed by atoms with van der Waals surface area (Å²) in [6, 6.07) is 0. The lowest BCUT2D eigenvalue weighted by Gasteiger charge is -1.98. The van der Waals surface area contributed by atoms with Crippen LogP contribution in [0, 0.1) is 6.92 Å². The third-order valence-electron chi connectivity index (χ3n) is 2.06. The highest BCUT2D eigenvalue weighted by molar-refractivity contribution is 7.10. The predicted molar refractivity (Wildman–Crippen MR) is 69.9 cm³/mol. The Morgan fingerprint density at radius 2 is 2.29 bits per heavy atom. The van der Waals surface area contributed by atoms with Crippen LogP contribution >= 0.6 is 22.9 Å². The maximum atomic E-state index is 4.95. The molecule has 0 aromatic carbocycles. The van der Waals surface area contributed by atoms with Crippen LogP contribution in [0.15, 0.2) is 5.38 Å². The summed E-state index contributed by atoms with van der Waals surface area (Å²) in [5, 5.41) is 7.12. The summed E-state index contributed by atoms with van der Waals surface area (Å²) in [7, 11) is 1.68. The number of thiazole rings is 1. The number of aromatic nitrogens is 3. The van der Waals surface area contributed by atoms with Crippen LogP contribution in [0.25, 0.3) is 0 Å². The van der Waals surface area contributed by atoms with Gasteiger partial charge in [0.2, 0.25) is 5.13 Å². The van der Waals surface area contributed by atoms with Crippen molar-refractivity contribution in [2.75, 3.05) is 25.6 Å². The number of nitrogens with zero attached hydrogens (tertiary/aromatic N) is 3. The summed E-state index contributed by atoms with van der Waals surface area (Å²) >= 11 is 3.03. The zero-order chi connectivity index (χ0) is 12.1. The quantitative estimate of drug-likeness (QED) is 0.813. The fraction of sp³-hybridized carbons (Fsp3) is 0.500. The van der Waals surface area contributed by atoms with Crippen molar-refractivity contribution >= 4 is 28.0 Å². The molecule has 2 rings (SSSR count). The van der Waals surface area contributed by atoms with E-state index in [1.54, 1.807) is 18.4 Å². The molecule has 0 radical (unpaired) electrons. The number of hydrogen-bond acceptors (Lipinski definition) is 7.